The van der Waals surface area contributed by atoms with E-state index in [-0.39, 0.29) is 17.6 Å². The molecule has 0 bridgehead atoms. The number of hydrogen-bond donors (Lipinski definition) is 0. The maximum absolute atomic E-state index is 13.1. The van der Waals surface area contributed by atoms with Crippen molar-refractivity contribution in [2.45, 2.75) is 12.7 Å². The minimum atomic E-state index is -4.37. The summed E-state index contributed by atoms with van der Waals surface area (Å²) < 4.78 is 51.2. The fourth-order valence-electron chi connectivity index (χ4n) is 4.36. The molecule has 0 atom stereocenters. The maximum Gasteiger partial charge on any atom is 0.416 e. The molecule has 9 nitrogen and oxygen atoms in total. The van der Waals surface area contributed by atoms with Crippen LogP contribution in [0.25, 0.3) is 16.6 Å². The third-order valence-electron chi connectivity index (χ3n) is 6.20. The average Bonchev–Trinajstić information content (AvgIpc) is 3.15. The summed E-state index contributed by atoms with van der Waals surface area (Å²) in [5.41, 5.74) is -1.47. The molecule has 0 spiro atoms. The van der Waals surface area contributed by atoms with Gasteiger partial charge in [-0.3, -0.25) is 9.47 Å². The second kappa shape index (κ2) is 9.19. The van der Waals surface area contributed by atoms with Crippen LogP contribution in [0.4, 0.5) is 18.9 Å². The quantitative estimate of drug-likeness (QED) is 0.424. The number of piperazine rings is 1. The second-order valence-corrected chi connectivity index (χ2v) is 8.39. The molecule has 4 aromatic rings. The van der Waals surface area contributed by atoms with Crippen LogP contribution >= 0.6 is 0 Å². The van der Waals surface area contributed by atoms with Crippen LogP contribution in [-0.2, 0) is 12.7 Å². The van der Waals surface area contributed by atoms with Crippen LogP contribution < -0.4 is 21.8 Å². The van der Waals surface area contributed by atoms with Gasteiger partial charge in [0, 0.05) is 57.1 Å². The summed E-state index contributed by atoms with van der Waals surface area (Å²) in [4.78, 5) is 41.2. The number of imidazole rings is 1. The molecule has 3 heterocycles. The molecule has 5 rings (SSSR count). The molecule has 1 aliphatic heterocycles. The lowest BCUT2D eigenvalue weighted by Crippen LogP contribution is -2.47. The second-order valence-electron chi connectivity index (χ2n) is 8.39. The molecule has 1 aliphatic rings. The van der Waals surface area contributed by atoms with Gasteiger partial charge in [0.15, 0.2) is 11.1 Å². The first kappa shape index (κ1) is 23.7. The van der Waals surface area contributed by atoms with Gasteiger partial charge in [0.05, 0.1) is 11.1 Å². The Labute approximate surface area is 200 Å². The van der Waals surface area contributed by atoms with Gasteiger partial charge in [-0.25, -0.2) is 14.4 Å². The fraction of sp³-hybridized carbons (Fsp3) is 0.292. The minimum absolute atomic E-state index is 0.0952. The zero-order chi connectivity index (χ0) is 25.4. The largest absolute Gasteiger partial charge is 0.421 e. The smallest absolute Gasteiger partial charge is 0.416 e. The molecule has 0 amide bonds. The number of alkyl halides is 3. The number of hydrogen-bond acceptors (Lipinski definition) is 7. The first-order chi connectivity index (χ1) is 17.2. The number of rotatable bonds is 4. The minimum Gasteiger partial charge on any atom is -0.421 e. The predicted octanol–water partition coefficient (Wildman–Crippen LogP) is 2.56. The highest BCUT2D eigenvalue weighted by molar-refractivity contribution is 5.89. The van der Waals surface area contributed by atoms with Crippen molar-refractivity contribution in [3.8, 4) is 0 Å². The molecular weight excluding hydrogens is 481 g/mol. The van der Waals surface area contributed by atoms with Gasteiger partial charge in [-0.15, -0.1) is 4.57 Å². The molecule has 0 unspecified atom stereocenters. The molecule has 2 aromatic carbocycles. The van der Waals surface area contributed by atoms with Crippen molar-refractivity contribution in [2.75, 3.05) is 37.6 Å². The van der Waals surface area contributed by atoms with Crippen LogP contribution in [0.2, 0.25) is 0 Å². The Morgan fingerprint density at radius 1 is 0.806 bits per heavy atom. The molecule has 0 aliphatic carbocycles. The number of para-hydroxylation sites is 1. The van der Waals surface area contributed by atoms with Gasteiger partial charge in [0.1, 0.15) is 0 Å². The number of aromatic nitrogens is 2. The average molecular weight is 502 g/mol. The van der Waals surface area contributed by atoms with Crippen LogP contribution in [0.3, 0.4) is 0 Å². The van der Waals surface area contributed by atoms with Crippen LogP contribution in [0.5, 0.6) is 0 Å². The Morgan fingerprint density at radius 2 is 1.50 bits per heavy atom. The third-order valence-corrected chi connectivity index (χ3v) is 6.20. The molecule has 188 valence electrons. The number of anilines is 1. The molecule has 0 radical (unpaired) electrons. The van der Waals surface area contributed by atoms with Crippen molar-refractivity contribution in [3.63, 3.8) is 0 Å². The maximum atomic E-state index is 13.1. The topological polar surface area (TPSA) is 93.3 Å². The summed E-state index contributed by atoms with van der Waals surface area (Å²) in [7, 11) is 0. The summed E-state index contributed by atoms with van der Waals surface area (Å²) in [6.07, 6.45) is -4.37. The van der Waals surface area contributed by atoms with Crippen LogP contribution in [0.15, 0.2) is 77.9 Å². The number of halogens is 3. The molecule has 1 fully saturated rings. The van der Waals surface area contributed by atoms with Crippen LogP contribution in [0, 0.1) is 0 Å². The molecule has 36 heavy (non-hydrogen) atoms. The van der Waals surface area contributed by atoms with Gasteiger partial charge in [-0.2, -0.15) is 13.2 Å². The van der Waals surface area contributed by atoms with Gasteiger partial charge in [-0.05, 0) is 36.4 Å². The summed E-state index contributed by atoms with van der Waals surface area (Å²) in [6, 6.07) is 11.7. The Morgan fingerprint density at radius 3 is 2.19 bits per heavy atom. The van der Waals surface area contributed by atoms with Crippen molar-refractivity contribution < 1.29 is 22.1 Å². The fourth-order valence-corrected chi connectivity index (χ4v) is 4.36. The summed E-state index contributed by atoms with van der Waals surface area (Å²) >= 11 is 0. The lowest BCUT2D eigenvalue weighted by Gasteiger charge is -2.36. The standard InChI is InChI=1S/C24H21F3N4O5/c25-24(26,27)16-4-6-17(7-5-16)29-13-10-28(11-14-29)12-15-30-18-2-1-3-19-22(18)31(23(30)34)36-21(33)9-8-20(32)35-19/h1-9H,10-15H2. The first-order valence-corrected chi connectivity index (χ1v) is 11.2. The van der Waals surface area contributed by atoms with E-state index in [0.29, 0.717) is 38.2 Å². The van der Waals surface area contributed by atoms with E-state index in [1.54, 1.807) is 12.1 Å². The predicted molar refractivity (Wildman–Crippen MR) is 125 cm³/mol. The van der Waals surface area contributed by atoms with Gasteiger partial charge < -0.3 is 13.8 Å². The Bertz CT molecular complexity index is 1610. The third kappa shape index (κ3) is 4.59. The summed E-state index contributed by atoms with van der Waals surface area (Å²) in [5, 5.41) is 0. The van der Waals surface area contributed by atoms with Crippen molar-refractivity contribution in [1.29, 1.82) is 0 Å². The van der Waals surface area contributed by atoms with Gasteiger partial charge in [0.25, 0.3) is 0 Å². The van der Waals surface area contributed by atoms with Crippen LogP contribution in [0.1, 0.15) is 5.56 Å². The van der Waals surface area contributed by atoms with Crippen molar-refractivity contribution in [1.82, 2.24) is 14.0 Å². The van der Waals surface area contributed by atoms with E-state index in [0.717, 1.165) is 34.5 Å². The lowest BCUT2D eigenvalue weighted by atomic mass is 10.1. The van der Waals surface area contributed by atoms with Gasteiger partial charge in [0.2, 0.25) is 0 Å². The Kier molecular flexibility index (Phi) is 6.04. The highest BCUT2D eigenvalue weighted by atomic mass is 19.4. The molecule has 1 saturated heterocycles. The van der Waals surface area contributed by atoms with Gasteiger partial charge in [-0.1, -0.05) is 6.07 Å². The summed E-state index contributed by atoms with van der Waals surface area (Å²) in [6.45, 7) is 3.33. The molecular formula is C24H21F3N4O5. The monoisotopic (exact) mass is 502 g/mol. The SMILES string of the molecule is O=c1ccc(=O)on2c(=O)n(CCN3CCN(c4ccc(C(F)(F)F)cc4)CC3)c3cccc(o1)c32. The van der Waals surface area contributed by atoms with E-state index in [9.17, 15) is 27.6 Å². The number of nitrogens with zero attached hydrogens (tertiary/aromatic N) is 4. The van der Waals surface area contributed by atoms with E-state index in [1.807, 2.05) is 4.90 Å². The molecule has 2 aromatic heterocycles. The molecule has 0 saturated carbocycles. The number of benzene rings is 2. The van der Waals surface area contributed by atoms with E-state index >= 15 is 0 Å². The van der Waals surface area contributed by atoms with Crippen molar-refractivity contribution >= 4 is 22.3 Å². The highest BCUT2D eigenvalue weighted by Crippen LogP contribution is 2.30. The van der Waals surface area contributed by atoms with Crippen molar-refractivity contribution in [2.24, 2.45) is 0 Å². The zero-order valence-electron chi connectivity index (χ0n) is 18.9. The normalized spacial score (nSPS) is 15.0. The van der Waals surface area contributed by atoms with Gasteiger partial charge >= 0.3 is 23.1 Å². The molecule has 12 heteroatoms. The lowest BCUT2D eigenvalue weighted by molar-refractivity contribution is -0.137. The van der Waals surface area contributed by atoms with Crippen molar-refractivity contribution in [3.05, 3.63) is 91.5 Å². The molecule has 0 N–H and O–H groups in total. The van der Waals surface area contributed by atoms with E-state index in [1.165, 1.54) is 22.8 Å². The van der Waals surface area contributed by atoms with E-state index in [4.69, 9.17) is 8.94 Å². The van der Waals surface area contributed by atoms with E-state index < -0.39 is 28.7 Å². The highest BCUT2D eigenvalue weighted by Gasteiger charge is 2.30. The summed E-state index contributed by atoms with van der Waals surface area (Å²) in [5.74, 6) is 0. The van der Waals surface area contributed by atoms with E-state index in [2.05, 4.69) is 4.90 Å². The van der Waals surface area contributed by atoms with Crippen LogP contribution in [-0.4, -0.2) is 46.8 Å². The Balaban J connectivity index is 1.34. The first-order valence-electron chi connectivity index (χ1n) is 11.2. The Hall–Kier alpha value is -4.06. The zero-order valence-corrected chi connectivity index (χ0v) is 18.9.